The predicted molar refractivity (Wildman–Crippen MR) is 134 cm³/mol. The summed E-state index contributed by atoms with van der Waals surface area (Å²) in [5.41, 5.74) is 1.13. The van der Waals surface area contributed by atoms with Crippen molar-refractivity contribution in [1.82, 2.24) is 4.90 Å². The van der Waals surface area contributed by atoms with E-state index in [0.717, 1.165) is 32.4 Å². The second kappa shape index (κ2) is 13.3. The molecule has 2 aromatic carbocycles. The van der Waals surface area contributed by atoms with E-state index in [1.54, 1.807) is 49.1 Å². The first-order valence-electron chi connectivity index (χ1n) is 12.2. The Kier molecular flexibility index (Phi) is 9.85. The fraction of sp³-hybridized carbons (Fsp3) is 0.407. The summed E-state index contributed by atoms with van der Waals surface area (Å²) in [7, 11) is 0. The van der Waals surface area contributed by atoms with E-state index < -0.39 is 12.6 Å². The molecule has 2 aromatic rings. The number of nitrogens with zero attached hydrogens (tertiary/aromatic N) is 1. The largest absolute Gasteiger partial charge is 0.490 e. The van der Waals surface area contributed by atoms with Crippen LogP contribution in [0.15, 0.2) is 42.5 Å². The molecule has 0 aliphatic carbocycles. The van der Waals surface area contributed by atoms with E-state index in [2.05, 4.69) is 5.32 Å². The number of likely N-dealkylation sites (tertiary alicyclic amines) is 1. The number of carbonyl (C=O) groups excluding carboxylic acids is 4. The molecule has 0 spiro atoms. The van der Waals surface area contributed by atoms with E-state index in [0.29, 0.717) is 35.8 Å². The van der Waals surface area contributed by atoms with Crippen LogP contribution in [0.2, 0.25) is 0 Å². The van der Waals surface area contributed by atoms with Gasteiger partial charge in [0.2, 0.25) is 5.91 Å². The first-order valence-corrected chi connectivity index (χ1v) is 12.2. The molecule has 0 aromatic heterocycles. The number of rotatable bonds is 11. The van der Waals surface area contributed by atoms with Crippen molar-refractivity contribution in [3.05, 3.63) is 53.6 Å². The van der Waals surface area contributed by atoms with Gasteiger partial charge in [-0.2, -0.15) is 0 Å². The Morgan fingerprint density at radius 2 is 1.53 bits per heavy atom. The number of ether oxygens (including phenoxy) is 3. The first kappa shape index (κ1) is 26.7. The Labute approximate surface area is 210 Å². The van der Waals surface area contributed by atoms with Crippen LogP contribution in [-0.4, -0.2) is 61.4 Å². The van der Waals surface area contributed by atoms with Gasteiger partial charge in [-0.1, -0.05) is 6.92 Å². The fourth-order valence-electron chi connectivity index (χ4n) is 3.68. The highest BCUT2D eigenvalue weighted by molar-refractivity contribution is 6.00. The minimum Gasteiger partial charge on any atom is -0.490 e. The van der Waals surface area contributed by atoms with Crippen LogP contribution in [0.25, 0.3) is 0 Å². The predicted octanol–water partition coefficient (Wildman–Crippen LogP) is 3.86. The zero-order valence-corrected chi connectivity index (χ0v) is 20.7. The van der Waals surface area contributed by atoms with E-state index in [9.17, 15) is 19.2 Å². The summed E-state index contributed by atoms with van der Waals surface area (Å²) in [5, 5.41) is 2.70. The second-order valence-electron chi connectivity index (χ2n) is 8.30. The Bertz CT molecular complexity index is 1080. The molecule has 1 N–H and O–H groups in total. The van der Waals surface area contributed by atoms with Crippen molar-refractivity contribution in [3.63, 3.8) is 0 Å². The summed E-state index contributed by atoms with van der Waals surface area (Å²) in [6.45, 7) is 4.81. The number of anilines is 1. The molecule has 1 fully saturated rings. The molecule has 9 nitrogen and oxygen atoms in total. The molecule has 0 atom stereocenters. The molecule has 9 heteroatoms. The van der Waals surface area contributed by atoms with Crippen LogP contribution in [0.4, 0.5) is 5.69 Å². The Balaban J connectivity index is 1.56. The molecule has 192 valence electrons. The van der Waals surface area contributed by atoms with Crippen LogP contribution in [-0.2, 0) is 14.3 Å². The number of benzene rings is 2. The molecule has 0 unspecified atom stereocenters. The summed E-state index contributed by atoms with van der Waals surface area (Å²) in [5.74, 6) is -0.608. The molecule has 36 heavy (non-hydrogen) atoms. The average molecular weight is 497 g/mol. The van der Waals surface area contributed by atoms with Gasteiger partial charge >= 0.3 is 5.97 Å². The number of amides is 2. The molecule has 1 aliphatic rings. The van der Waals surface area contributed by atoms with Crippen molar-refractivity contribution in [2.45, 2.75) is 39.5 Å². The summed E-state index contributed by atoms with van der Waals surface area (Å²) < 4.78 is 16.5. The van der Waals surface area contributed by atoms with Crippen molar-refractivity contribution in [3.8, 4) is 11.5 Å². The van der Waals surface area contributed by atoms with Crippen LogP contribution < -0.4 is 14.8 Å². The summed E-state index contributed by atoms with van der Waals surface area (Å²) in [6.07, 6.45) is 3.48. The number of hydrogen-bond donors (Lipinski definition) is 1. The maximum atomic E-state index is 12.6. The van der Waals surface area contributed by atoms with E-state index in [-0.39, 0.29) is 29.8 Å². The molecule has 0 radical (unpaired) electrons. The lowest BCUT2D eigenvalue weighted by Gasteiger charge is -2.26. The Hall–Kier alpha value is -3.88. The minimum atomic E-state index is -0.688. The van der Waals surface area contributed by atoms with Gasteiger partial charge in [-0.3, -0.25) is 14.4 Å². The first-order chi connectivity index (χ1) is 17.4. The summed E-state index contributed by atoms with van der Waals surface area (Å²) >= 11 is 0. The van der Waals surface area contributed by atoms with Crippen LogP contribution in [0, 0.1) is 0 Å². The highest BCUT2D eigenvalue weighted by Crippen LogP contribution is 2.29. The molecule has 1 heterocycles. The van der Waals surface area contributed by atoms with Gasteiger partial charge in [-0.25, -0.2) is 4.79 Å². The van der Waals surface area contributed by atoms with Gasteiger partial charge in [0.1, 0.15) is 0 Å². The van der Waals surface area contributed by atoms with Crippen LogP contribution in [0.3, 0.4) is 0 Å². The van der Waals surface area contributed by atoms with Gasteiger partial charge < -0.3 is 24.4 Å². The number of carbonyl (C=O) groups is 4. The van der Waals surface area contributed by atoms with E-state index in [4.69, 9.17) is 14.2 Å². The smallest absolute Gasteiger partial charge is 0.338 e. The number of hydrogen-bond acceptors (Lipinski definition) is 7. The molecular formula is C27H32N2O7. The Morgan fingerprint density at radius 3 is 2.19 bits per heavy atom. The van der Waals surface area contributed by atoms with E-state index in [1.165, 1.54) is 12.1 Å². The number of nitrogens with one attached hydrogen (secondary N) is 1. The van der Waals surface area contributed by atoms with Gasteiger partial charge in [0.05, 0.1) is 12.2 Å². The third-order valence-corrected chi connectivity index (χ3v) is 5.69. The molecular weight excluding hydrogens is 464 g/mol. The minimum absolute atomic E-state index is 0.0834. The van der Waals surface area contributed by atoms with Gasteiger partial charge in [-0.05, 0) is 68.7 Å². The SMILES string of the molecule is CCOc1cc(C(=O)OCC(=O)c2ccc(NC(=O)CC)cc2)ccc1OCC(=O)N1CCCCC1. The highest BCUT2D eigenvalue weighted by Gasteiger charge is 2.19. The Morgan fingerprint density at radius 1 is 0.833 bits per heavy atom. The second-order valence-corrected chi connectivity index (χ2v) is 8.30. The van der Waals surface area contributed by atoms with Gasteiger partial charge in [0.25, 0.3) is 5.91 Å². The molecule has 3 rings (SSSR count). The third-order valence-electron chi connectivity index (χ3n) is 5.69. The lowest BCUT2D eigenvalue weighted by Crippen LogP contribution is -2.38. The van der Waals surface area contributed by atoms with Crippen LogP contribution in [0.1, 0.15) is 60.2 Å². The van der Waals surface area contributed by atoms with E-state index in [1.807, 2.05) is 0 Å². The van der Waals surface area contributed by atoms with E-state index >= 15 is 0 Å². The number of ketones is 1. The normalized spacial score (nSPS) is 13.0. The standard InChI is InChI=1S/C27H32N2O7/c1-3-25(31)28-21-11-8-19(9-12-21)22(30)17-36-27(33)20-10-13-23(24(16-20)34-4-2)35-18-26(32)29-14-6-5-7-15-29/h8-13,16H,3-7,14-15,17-18H2,1-2H3,(H,28,31). The maximum Gasteiger partial charge on any atom is 0.338 e. The highest BCUT2D eigenvalue weighted by atomic mass is 16.5. The summed E-state index contributed by atoms with van der Waals surface area (Å²) in [4.78, 5) is 50.6. The number of Topliss-reactive ketones (excluding diaryl/α,β-unsaturated/α-hetero) is 1. The monoisotopic (exact) mass is 496 g/mol. The van der Waals surface area contributed by atoms with Crippen molar-refractivity contribution >= 4 is 29.3 Å². The number of esters is 1. The molecule has 0 saturated carbocycles. The zero-order valence-electron chi connectivity index (χ0n) is 20.7. The maximum absolute atomic E-state index is 12.6. The zero-order chi connectivity index (χ0) is 25.9. The molecule has 1 aliphatic heterocycles. The molecule has 0 bridgehead atoms. The van der Waals surface area contributed by atoms with Gasteiger partial charge in [0.15, 0.2) is 30.5 Å². The summed E-state index contributed by atoms with van der Waals surface area (Å²) in [6, 6.07) is 10.9. The van der Waals surface area contributed by atoms with Crippen molar-refractivity contribution in [2.75, 3.05) is 38.2 Å². The average Bonchev–Trinajstić information content (AvgIpc) is 2.91. The van der Waals surface area contributed by atoms with Crippen LogP contribution >= 0.6 is 0 Å². The van der Waals surface area contributed by atoms with Crippen LogP contribution in [0.5, 0.6) is 11.5 Å². The van der Waals surface area contributed by atoms with Crippen molar-refractivity contribution in [1.29, 1.82) is 0 Å². The third kappa shape index (κ3) is 7.56. The number of piperidine rings is 1. The fourth-order valence-corrected chi connectivity index (χ4v) is 3.68. The van der Waals surface area contributed by atoms with Crippen molar-refractivity contribution < 1.29 is 33.4 Å². The molecule has 2 amide bonds. The quantitative estimate of drug-likeness (QED) is 0.371. The van der Waals surface area contributed by atoms with Gasteiger partial charge in [-0.15, -0.1) is 0 Å². The van der Waals surface area contributed by atoms with Gasteiger partial charge in [0, 0.05) is 30.8 Å². The topological polar surface area (TPSA) is 111 Å². The molecule has 1 saturated heterocycles. The lowest BCUT2D eigenvalue weighted by molar-refractivity contribution is -0.134. The lowest BCUT2D eigenvalue weighted by atomic mass is 10.1. The van der Waals surface area contributed by atoms with Crippen molar-refractivity contribution in [2.24, 2.45) is 0 Å².